The van der Waals surface area contributed by atoms with Crippen molar-refractivity contribution >= 4 is 11.9 Å². The summed E-state index contributed by atoms with van der Waals surface area (Å²) in [7, 11) is 1.53. The van der Waals surface area contributed by atoms with Crippen LogP contribution in [0.5, 0.6) is 0 Å². The van der Waals surface area contributed by atoms with Crippen molar-refractivity contribution in [2.24, 2.45) is 0 Å². The van der Waals surface area contributed by atoms with E-state index in [1.807, 2.05) is 6.07 Å². The third kappa shape index (κ3) is 4.20. The number of hydrogen-bond donors (Lipinski definition) is 2. The Kier molecular flexibility index (Phi) is 5.32. The highest BCUT2D eigenvalue weighted by molar-refractivity contribution is 5.92. The lowest BCUT2D eigenvalue weighted by Crippen LogP contribution is -2.29. The van der Waals surface area contributed by atoms with Gasteiger partial charge in [-0.25, -0.2) is 0 Å². The third-order valence-electron chi connectivity index (χ3n) is 3.06. The molecule has 1 heterocycles. The standard InChI is InChI=1S/C16H17NO5/c1-21-10-12-7-8-14(22-12)16(20)17-13(9-15(18)19)11-5-3-2-4-6-11/h2-8,13H,9-10H2,1H3,(H,17,20)(H,18,19). The molecule has 1 atom stereocenters. The SMILES string of the molecule is COCc1ccc(C(=O)NC(CC(=O)O)c2ccccc2)o1. The molecular formula is C16H17NO5. The second-order valence-corrected chi connectivity index (χ2v) is 4.73. The van der Waals surface area contributed by atoms with Crippen molar-refractivity contribution in [2.45, 2.75) is 19.1 Å². The van der Waals surface area contributed by atoms with E-state index in [-0.39, 0.29) is 18.8 Å². The lowest BCUT2D eigenvalue weighted by molar-refractivity contribution is -0.137. The molecule has 0 bridgehead atoms. The Bertz CT molecular complexity index is 635. The van der Waals surface area contributed by atoms with Crippen molar-refractivity contribution in [3.05, 3.63) is 59.5 Å². The van der Waals surface area contributed by atoms with Gasteiger partial charge in [0.25, 0.3) is 5.91 Å². The topological polar surface area (TPSA) is 88.8 Å². The molecule has 22 heavy (non-hydrogen) atoms. The molecule has 0 fully saturated rings. The van der Waals surface area contributed by atoms with Gasteiger partial charge in [-0.1, -0.05) is 30.3 Å². The van der Waals surface area contributed by atoms with Gasteiger partial charge >= 0.3 is 5.97 Å². The highest BCUT2D eigenvalue weighted by atomic mass is 16.5. The second kappa shape index (κ2) is 7.42. The number of furan rings is 1. The molecule has 0 aliphatic heterocycles. The van der Waals surface area contributed by atoms with E-state index in [1.165, 1.54) is 13.2 Å². The first kappa shape index (κ1) is 15.8. The minimum absolute atomic E-state index is 0.123. The Labute approximate surface area is 127 Å². The Morgan fingerprint density at radius 3 is 2.59 bits per heavy atom. The van der Waals surface area contributed by atoms with Crippen LogP contribution in [0.15, 0.2) is 46.9 Å². The quantitative estimate of drug-likeness (QED) is 0.819. The van der Waals surface area contributed by atoms with Gasteiger partial charge in [0.05, 0.1) is 12.5 Å². The summed E-state index contributed by atoms with van der Waals surface area (Å²) >= 11 is 0. The van der Waals surface area contributed by atoms with Gasteiger partial charge in [-0.15, -0.1) is 0 Å². The Balaban J connectivity index is 2.12. The molecule has 0 aliphatic rings. The predicted molar refractivity (Wildman–Crippen MR) is 78.3 cm³/mol. The highest BCUT2D eigenvalue weighted by Gasteiger charge is 2.20. The molecule has 1 unspecified atom stereocenters. The van der Waals surface area contributed by atoms with Crippen LogP contribution >= 0.6 is 0 Å². The molecular weight excluding hydrogens is 286 g/mol. The van der Waals surface area contributed by atoms with Gasteiger partial charge in [-0.05, 0) is 17.7 Å². The molecule has 1 aromatic heterocycles. The van der Waals surface area contributed by atoms with E-state index in [0.717, 1.165) is 5.56 Å². The molecule has 2 aromatic rings. The van der Waals surface area contributed by atoms with Gasteiger partial charge in [0.1, 0.15) is 12.4 Å². The van der Waals surface area contributed by atoms with Crippen molar-refractivity contribution in [2.75, 3.05) is 7.11 Å². The van der Waals surface area contributed by atoms with E-state index in [0.29, 0.717) is 5.76 Å². The largest absolute Gasteiger partial charge is 0.481 e. The number of carboxylic acids is 1. The normalized spacial score (nSPS) is 11.9. The van der Waals surface area contributed by atoms with Crippen LogP contribution in [-0.2, 0) is 16.1 Å². The van der Waals surface area contributed by atoms with Gasteiger partial charge in [-0.2, -0.15) is 0 Å². The van der Waals surface area contributed by atoms with Gasteiger partial charge in [0.15, 0.2) is 5.76 Å². The first-order chi connectivity index (χ1) is 10.6. The number of carbonyl (C=O) groups excluding carboxylic acids is 1. The molecule has 1 aromatic carbocycles. The summed E-state index contributed by atoms with van der Waals surface area (Å²) in [4.78, 5) is 23.2. The molecule has 1 amide bonds. The summed E-state index contributed by atoms with van der Waals surface area (Å²) in [5, 5.41) is 11.7. The average molecular weight is 303 g/mol. The van der Waals surface area contributed by atoms with E-state index in [9.17, 15) is 9.59 Å². The summed E-state index contributed by atoms with van der Waals surface area (Å²) in [5.74, 6) is -0.799. The number of aliphatic carboxylic acids is 1. The predicted octanol–water partition coefficient (Wildman–Crippen LogP) is 2.37. The molecule has 6 heteroatoms. The Morgan fingerprint density at radius 1 is 1.23 bits per heavy atom. The number of benzene rings is 1. The number of carbonyl (C=O) groups is 2. The minimum Gasteiger partial charge on any atom is -0.481 e. The lowest BCUT2D eigenvalue weighted by atomic mass is 10.0. The van der Waals surface area contributed by atoms with E-state index in [2.05, 4.69) is 5.32 Å². The molecule has 116 valence electrons. The molecule has 0 aliphatic carbocycles. The number of nitrogens with one attached hydrogen (secondary N) is 1. The zero-order valence-electron chi connectivity index (χ0n) is 12.1. The van der Waals surface area contributed by atoms with Crippen LogP contribution in [0.2, 0.25) is 0 Å². The number of carboxylic acid groups (broad SMARTS) is 1. The fourth-order valence-corrected chi connectivity index (χ4v) is 2.06. The van der Waals surface area contributed by atoms with E-state index >= 15 is 0 Å². The van der Waals surface area contributed by atoms with Crippen LogP contribution in [-0.4, -0.2) is 24.1 Å². The molecule has 2 N–H and O–H groups in total. The highest BCUT2D eigenvalue weighted by Crippen LogP contribution is 2.18. The zero-order chi connectivity index (χ0) is 15.9. The first-order valence-electron chi connectivity index (χ1n) is 6.75. The summed E-state index contributed by atoms with van der Waals surface area (Å²) < 4.78 is 10.3. The van der Waals surface area contributed by atoms with Crippen molar-refractivity contribution in [1.82, 2.24) is 5.32 Å². The van der Waals surface area contributed by atoms with Crippen LogP contribution in [0.4, 0.5) is 0 Å². The number of methoxy groups -OCH3 is 1. The molecule has 0 spiro atoms. The lowest BCUT2D eigenvalue weighted by Gasteiger charge is -2.16. The van der Waals surface area contributed by atoms with Gasteiger partial charge in [0.2, 0.25) is 0 Å². The van der Waals surface area contributed by atoms with Gasteiger partial charge in [-0.3, -0.25) is 9.59 Å². The zero-order valence-corrected chi connectivity index (χ0v) is 12.1. The van der Waals surface area contributed by atoms with Crippen LogP contribution < -0.4 is 5.32 Å². The van der Waals surface area contributed by atoms with E-state index < -0.39 is 17.9 Å². The molecule has 0 saturated carbocycles. The molecule has 2 rings (SSSR count). The second-order valence-electron chi connectivity index (χ2n) is 4.73. The fraction of sp³-hybridized carbons (Fsp3) is 0.250. The summed E-state index contributed by atoms with van der Waals surface area (Å²) in [6.45, 7) is 0.268. The van der Waals surface area contributed by atoms with Crippen LogP contribution in [0, 0.1) is 0 Å². The first-order valence-corrected chi connectivity index (χ1v) is 6.75. The van der Waals surface area contributed by atoms with Gasteiger partial charge in [0, 0.05) is 7.11 Å². The summed E-state index contributed by atoms with van der Waals surface area (Å²) in [6, 6.07) is 11.5. The Morgan fingerprint density at radius 2 is 1.95 bits per heavy atom. The maximum atomic E-state index is 12.2. The maximum absolute atomic E-state index is 12.2. The Hall–Kier alpha value is -2.60. The van der Waals surface area contributed by atoms with Crippen LogP contribution in [0.1, 0.15) is 34.3 Å². The molecule has 6 nitrogen and oxygen atoms in total. The monoisotopic (exact) mass is 303 g/mol. The smallest absolute Gasteiger partial charge is 0.305 e. The van der Waals surface area contributed by atoms with Crippen molar-refractivity contribution in [1.29, 1.82) is 0 Å². The fourth-order valence-electron chi connectivity index (χ4n) is 2.06. The number of hydrogen-bond acceptors (Lipinski definition) is 4. The summed E-state index contributed by atoms with van der Waals surface area (Å²) in [6.07, 6.45) is -0.207. The van der Waals surface area contributed by atoms with Crippen molar-refractivity contribution in [3.63, 3.8) is 0 Å². The third-order valence-corrected chi connectivity index (χ3v) is 3.06. The summed E-state index contributed by atoms with van der Waals surface area (Å²) in [5.41, 5.74) is 0.724. The van der Waals surface area contributed by atoms with Gasteiger partial charge < -0.3 is 19.6 Å². The van der Waals surface area contributed by atoms with Crippen LogP contribution in [0.25, 0.3) is 0 Å². The van der Waals surface area contributed by atoms with E-state index in [1.54, 1.807) is 30.3 Å². The number of ether oxygens (including phenoxy) is 1. The van der Waals surface area contributed by atoms with Crippen molar-refractivity contribution in [3.8, 4) is 0 Å². The minimum atomic E-state index is -0.992. The number of rotatable bonds is 7. The average Bonchev–Trinajstić information content (AvgIpc) is 2.96. The maximum Gasteiger partial charge on any atom is 0.305 e. The molecule has 0 saturated heterocycles. The number of amides is 1. The van der Waals surface area contributed by atoms with E-state index in [4.69, 9.17) is 14.3 Å². The van der Waals surface area contributed by atoms with Crippen molar-refractivity contribution < 1.29 is 23.8 Å². The van der Waals surface area contributed by atoms with Crippen LogP contribution in [0.3, 0.4) is 0 Å². The molecule has 0 radical (unpaired) electrons.